The Hall–Kier alpha value is -2.55. The summed E-state index contributed by atoms with van der Waals surface area (Å²) in [4.78, 5) is 20.4. The van der Waals surface area contributed by atoms with Crippen LogP contribution in [0.3, 0.4) is 0 Å². The van der Waals surface area contributed by atoms with Gasteiger partial charge in [0.05, 0.1) is 13.2 Å². The number of hydrogen-bond acceptors (Lipinski definition) is 6. The molecule has 9 nitrogen and oxygen atoms in total. The van der Waals surface area contributed by atoms with E-state index in [2.05, 4.69) is 25.9 Å². The zero-order chi connectivity index (χ0) is 20.8. The molecule has 0 saturated carbocycles. The monoisotopic (exact) mass is 395 g/mol. The molecule has 1 aromatic rings. The van der Waals surface area contributed by atoms with Crippen LogP contribution in [0.4, 0.5) is 4.79 Å². The third-order valence-electron chi connectivity index (χ3n) is 3.21. The van der Waals surface area contributed by atoms with Crippen LogP contribution in [-0.4, -0.2) is 62.6 Å². The lowest BCUT2D eigenvalue weighted by molar-refractivity contribution is 0.0529. The maximum Gasteiger partial charge on any atom is 0.407 e. The van der Waals surface area contributed by atoms with Gasteiger partial charge in [-0.1, -0.05) is 6.07 Å². The average Bonchev–Trinajstić information content (AvgIpc) is 2.63. The summed E-state index contributed by atoms with van der Waals surface area (Å²) < 4.78 is 15.8. The van der Waals surface area contributed by atoms with E-state index in [1.807, 2.05) is 39.8 Å². The minimum atomic E-state index is -0.513. The Balaban J connectivity index is 2.53. The first-order chi connectivity index (χ1) is 13.4. The van der Waals surface area contributed by atoms with E-state index in [0.29, 0.717) is 44.7 Å². The number of carbonyl (C=O) groups is 1. The van der Waals surface area contributed by atoms with Crippen LogP contribution in [0.2, 0.25) is 0 Å². The van der Waals surface area contributed by atoms with Gasteiger partial charge in [-0.3, -0.25) is 0 Å². The van der Waals surface area contributed by atoms with Crippen LogP contribution in [0.5, 0.6) is 5.88 Å². The zero-order valence-electron chi connectivity index (χ0n) is 17.5. The van der Waals surface area contributed by atoms with E-state index in [9.17, 15) is 4.79 Å². The fourth-order valence-corrected chi connectivity index (χ4v) is 2.06. The molecule has 158 valence electrons. The maximum absolute atomic E-state index is 11.6. The summed E-state index contributed by atoms with van der Waals surface area (Å²) in [7, 11) is 1.62. The Morgan fingerprint density at radius 3 is 2.61 bits per heavy atom. The number of rotatable bonds is 10. The predicted molar refractivity (Wildman–Crippen MR) is 109 cm³/mol. The van der Waals surface area contributed by atoms with Gasteiger partial charge in [-0.05, 0) is 33.8 Å². The number of nitrogens with one attached hydrogen (secondary N) is 3. The Morgan fingerprint density at radius 1 is 1.18 bits per heavy atom. The Kier molecular flexibility index (Phi) is 10.7. The van der Waals surface area contributed by atoms with Gasteiger partial charge in [0.1, 0.15) is 12.2 Å². The Labute approximate surface area is 167 Å². The Morgan fingerprint density at radius 2 is 1.93 bits per heavy atom. The van der Waals surface area contributed by atoms with Crippen molar-refractivity contribution in [1.29, 1.82) is 0 Å². The van der Waals surface area contributed by atoms with Crippen molar-refractivity contribution in [3.63, 3.8) is 0 Å². The number of hydrogen-bond donors (Lipinski definition) is 3. The van der Waals surface area contributed by atoms with Crippen LogP contribution in [0, 0.1) is 0 Å². The number of ether oxygens (including phenoxy) is 3. The summed E-state index contributed by atoms with van der Waals surface area (Å²) in [5.41, 5.74) is 0.364. The highest BCUT2D eigenvalue weighted by Crippen LogP contribution is 2.15. The van der Waals surface area contributed by atoms with Gasteiger partial charge in [0, 0.05) is 38.5 Å². The molecular weight excluding hydrogens is 362 g/mol. The molecule has 0 bridgehead atoms. The number of alkyl carbamates (subject to hydrolysis) is 1. The summed E-state index contributed by atoms with van der Waals surface area (Å²) in [6.07, 6.45) is 1.24. The highest BCUT2D eigenvalue weighted by atomic mass is 16.6. The van der Waals surface area contributed by atoms with Crippen LogP contribution in [0.1, 0.15) is 33.3 Å². The standard InChI is InChI=1S/C19H33N5O4/c1-6-20-17(22-10-11-23-18(25)28-19(2,3)4)24-14-15-8-7-9-21-16(15)27-13-12-26-5/h7-9H,6,10-14H2,1-5H3,(H,23,25)(H2,20,22,24). The summed E-state index contributed by atoms with van der Waals surface area (Å²) in [6.45, 7) is 10.4. The molecule has 0 saturated heterocycles. The first-order valence-corrected chi connectivity index (χ1v) is 9.40. The SMILES string of the molecule is CCNC(=NCc1cccnc1OCCOC)NCCNC(=O)OC(C)(C)C. The highest BCUT2D eigenvalue weighted by Gasteiger charge is 2.15. The molecule has 0 aliphatic rings. The zero-order valence-corrected chi connectivity index (χ0v) is 17.5. The summed E-state index contributed by atoms with van der Waals surface area (Å²) in [5.74, 6) is 1.19. The molecule has 0 aromatic carbocycles. The molecule has 0 aliphatic heterocycles. The number of carbonyl (C=O) groups excluding carboxylic acids is 1. The number of guanidine groups is 1. The lowest BCUT2D eigenvalue weighted by atomic mass is 10.2. The molecule has 0 fully saturated rings. The van der Waals surface area contributed by atoms with E-state index < -0.39 is 11.7 Å². The number of aromatic nitrogens is 1. The molecule has 1 heterocycles. The number of nitrogens with zero attached hydrogens (tertiary/aromatic N) is 2. The van der Waals surface area contributed by atoms with Crippen LogP contribution >= 0.6 is 0 Å². The largest absolute Gasteiger partial charge is 0.475 e. The molecule has 0 atom stereocenters. The predicted octanol–water partition coefficient (Wildman–Crippen LogP) is 1.69. The second kappa shape index (κ2) is 12.8. The molecular formula is C19H33N5O4. The lowest BCUT2D eigenvalue weighted by Gasteiger charge is -2.20. The molecule has 0 unspecified atom stereocenters. The number of methoxy groups -OCH3 is 1. The van der Waals surface area contributed by atoms with E-state index >= 15 is 0 Å². The van der Waals surface area contributed by atoms with Crippen molar-refractivity contribution in [2.45, 2.75) is 39.8 Å². The van der Waals surface area contributed by atoms with E-state index in [1.54, 1.807) is 13.3 Å². The van der Waals surface area contributed by atoms with Crippen molar-refractivity contribution >= 4 is 12.1 Å². The fraction of sp³-hybridized carbons (Fsp3) is 0.632. The number of aliphatic imine (C=N–C) groups is 1. The number of amides is 1. The molecule has 1 rings (SSSR count). The fourth-order valence-electron chi connectivity index (χ4n) is 2.06. The minimum Gasteiger partial charge on any atom is -0.475 e. The van der Waals surface area contributed by atoms with Crippen molar-refractivity contribution in [3.05, 3.63) is 23.9 Å². The second-order valence-corrected chi connectivity index (χ2v) is 6.86. The van der Waals surface area contributed by atoms with Gasteiger partial charge >= 0.3 is 6.09 Å². The van der Waals surface area contributed by atoms with Gasteiger partial charge in [-0.25, -0.2) is 14.8 Å². The quantitative estimate of drug-likeness (QED) is 0.314. The molecule has 3 N–H and O–H groups in total. The van der Waals surface area contributed by atoms with Crippen LogP contribution < -0.4 is 20.7 Å². The van der Waals surface area contributed by atoms with Crippen molar-refractivity contribution in [1.82, 2.24) is 20.9 Å². The maximum atomic E-state index is 11.6. The van der Waals surface area contributed by atoms with Crippen molar-refractivity contribution < 1.29 is 19.0 Å². The van der Waals surface area contributed by atoms with Gasteiger partial charge in [-0.2, -0.15) is 0 Å². The van der Waals surface area contributed by atoms with Gasteiger partial charge in [0.25, 0.3) is 0 Å². The summed E-state index contributed by atoms with van der Waals surface area (Å²) in [6, 6.07) is 3.77. The highest BCUT2D eigenvalue weighted by molar-refractivity contribution is 5.79. The molecule has 28 heavy (non-hydrogen) atoms. The molecule has 1 amide bonds. The summed E-state index contributed by atoms with van der Waals surface area (Å²) >= 11 is 0. The molecule has 9 heteroatoms. The minimum absolute atomic E-state index is 0.408. The van der Waals surface area contributed by atoms with Crippen LogP contribution in [0.25, 0.3) is 0 Å². The van der Waals surface area contributed by atoms with Gasteiger partial charge < -0.3 is 30.2 Å². The topological polar surface area (TPSA) is 106 Å². The van der Waals surface area contributed by atoms with E-state index in [0.717, 1.165) is 12.1 Å². The molecule has 0 aliphatic carbocycles. The first kappa shape index (κ1) is 23.5. The third-order valence-corrected chi connectivity index (χ3v) is 3.21. The Bertz CT molecular complexity index is 617. The molecule has 1 aromatic heterocycles. The second-order valence-electron chi connectivity index (χ2n) is 6.86. The van der Waals surface area contributed by atoms with Crippen molar-refractivity contribution in [2.24, 2.45) is 4.99 Å². The van der Waals surface area contributed by atoms with Crippen molar-refractivity contribution in [3.8, 4) is 5.88 Å². The van der Waals surface area contributed by atoms with Crippen molar-refractivity contribution in [2.75, 3.05) is 40.0 Å². The van der Waals surface area contributed by atoms with Gasteiger partial charge in [0.15, 0.2) is 5.96 Å². The van der Waals surface area contributed by atoms with Crippen LogP contribution in [-0.2, 0) is 16.0 Å². The van der Waals surface area contributed by atoms with E-state index in [-0.39, 0.29) is 0 Å². The molecule has 0 radical (unpaired) electrons. The van der Waals surface area contributed by atoms with Gasteiger partial charge in [0.2, 0.25) is 5.88 Å². The first-order valence-electron chi connectivity index (χ1n) is 9.40. The van der Waals surface area contributed by atoms with E-state index in [1.165, 1.54) is 0 Å². The van der Waals surface area contributed by atoms with Gasteiger partial charge in [-0.15, -0.1) is 0 Å². The summed E-state index contributed by atoms with van der Waals surface area (Å²) in [5, 5.41) is 9.03. The van der Waals surface area contributed by atoms with E-state index in [4.69, 9.17) is 14.2 Å². The number of pyridine rings is 1. The third kappa shape index (κ3) is 10.6. The smallest absolute Gasteiger partial charge is 0.407 e. The molecule has 0 spiro atoms. The van der Waals surface area contributed by atoms with Crippen LogP contribution in [0.15, 0.2) is 23.3 Å². The lowest BCUT2D eigenvalue weighted by Crippen LogP contribution is -2.42. The normalized spacial score (nSPS) is 11.7. The average molecular weight is 396 g/mol.